The van der Waals surface area contributed by atoms with Gasteiger partial charge in [0.05, 0.1) is 18.7 Å². The van der Waals surface area contributed by atoms with Gasteiger partial charge in [0.2, 0.25) is 5.91 Å². The summed E-state index contributed by atoms with van der Waals surface area (Å²) in [4.78, 5) is 13.0. The monoisotopic (exact) mass is 412 g/mol. The van der Waals surface area contributed by atoms with Crippen molar-refractivity contribution in [3.05, 3.63) is 102 Å². The van der Waals surface area contributed by atoms with E-state index in [4.69, 9.17) is 4.74 Å². The largest absolute Gasteiger partial charge is 0.493 e. The molecule has 3 aromatic rings. The maximum atomic E-state index is 13.0. The highest BCUT2D eigenvalue weighted by atomic mass is 16.5. The average Bonchev–Trinajstić information content (AvgIpc) is 3.59. The van der Waals surface area contributed by atoms with E-state index in [0.29, 0.717) is 6.61 Å². The van der Waals surface area contributed by atoms with Gasteiger partial charge in [0, 0.05) is 11.0 Å². The quantitative estimate of drug-likeness (QED) is 0.294. The second-order valence-corrected chi connectivity index (χ2v) is 7.93. The van der Waals surface area contributed by atoms with Crippen molar-refractivity contribution in [1.82, 2.24) is 5.43 Å². The number of nitrogens with one attached hydrogen (secondary N) is 1. The van der Waals surface area contributed by atoms with E-state index in [9.17, 15) is 4.79 Å². The van der Waals surface area contributed by atoms with E-state index < -0.39 is 0 Å². The summed E-state index contributed by atoms with van der Waals surface area (Å²) in [7, 11) is 0. The summed E-state index contributed by atoms with van der Waals surface area (Å²) < 4.78 is 5.84. The van der Waals surface area contributed by atoms with E-state index >= 15 is 0 Å². The molecule has 4 nitrogen and oxygen atoms in total. The molecule has 31 heavy (non-hydrogen) atoms. The number of para-hydroxylation sites is 1. The molecule has 0 saturated heterocycles. The van der Waals surface area contributed by atoms with Crippen LogP contribution in [0.3, 0.4) is 0 Å². The molecular weight excluding hydrogens is 384 g/mol. The first-order valence-electron chi connectivity index (χ1n) is 10.9. The second-order valence-electron chi connectivity index (χ2n) is 7.93. The fourth-order valence-corrected chi connectivity index (χ4v) is 4.14. The van der Waals surface area contributed by atoms with E-state index in [2.05, 4.69) is 41.7 Å². The molecule has 1 fully saturated rings. The van der Waals surface area contributed by atoms with Gasteiger partial charge in [-0.25, -0.2) is 5.43 Å². The van der Waals surface area contributed by atoms with Gasteiger partial charge in [-0.2, -0.15) is 5.10 Å². The van der Waals surface area contributed by atoms with Gasteiger partial charge >= 0.3 is 0 Å². The van der Waals surface area contributed by atoms with Crippen LogP contribution in [0.4, 0.5) is 0 Å². The summed E-state index contributed by atoms with van der Waals surface area (Å²) in [5, 5.41) is 4.24. The van der Waals surface area contributed by atoms with E-state index in [0.717, 1.165) is 30.6 Å². The number of unbranched alkanes of at least 4 members (excludes halogenated alkanes) is 1. The number of hydrogen-bond acceptors (Lipinski definition) is 3. The Morgan fingerprint density at radius 3 is 2.26 bits per heavy atom. The van der Waals surface area contributed by atoms with E-state index in [1.165, 1.54) is 11.1 Å². The molecule has 0 aromatic heterocycles. The molecule has 3 aromatic carbocycles. The highest BCUT2D eigenvalue weighted by molar-refractivity contribution is 5.88. The van der Waals surface area contributed by atoms with Gasteiger partial charge in [0.15, 0.2) is 0 Å². The summed E-state index contributed by atoms with van der Waals surface area (Å²) in [5.41, 5.74) is 5.66. The molecule has 1 saturated carbocycles. The number of amides is 1. The van der Waals surface area contributed by atoms with Crippen LogP contribution in [0.2, 0.25) is 0 Å². The third-order valence-corrected chi connectivity index (χ3v) is 5.91. The number of hydrogen-bond donors (Lipinski definition) is 1. The van der Waals surface area contributed by atoms with E-state index in [1.807, 2.05) is 60.7 Å². The highest BCUT2D eigenvalue weighted by Crippen LogP contribution is 2.58. The fraction of sp³-hybridized carbons (Fsp3) is 0.259. The molecule has 1 aliphatic rings. The lowest BCUT2D eigenvalue weighted by atomic mass is 9.85. The van der Waals surface area contributed by atoms with E-state index in [-0.39, 0.29) is 17.2 Å². The smallest absolute Gasteiger partial charge is 0.244 e. The Kier molecular flexibility index (Phi) is 6.46. The summed E-state index contributed by atoms with van der Waals surface area (Å²) in [6, 6.07) is 28.3. The molecule has 0 spiro atoms. The number of ether oxygens (including phenoxy) is 1. The number of hydrazone groups is 1. The van der Waals surface area contributed by atoms with Crippen molar-refractivity contribution in [3.8, 4) is 5.75 Å². The van der Waals surface area contributed by atoms with Crippen molar-refractivity contribution in [1.29, 1.82) is 0 Å². The molecule has 4 rings (SSSR count). The minimum Gasteiger partial charge on any atom is -0.493 e. The molecular formula is C27H28N2O2. The zero-order valence-electron chi connectivity index (χ0n) is 17.8. The maximum absolute atomic E-state index is 13.0. The lowest BCUT2D eigenvalue weighted by Crippen LogP contribution is -2.25. The Bertz CT molecular complexity index is 992. The molecule has 4 heteroatoms. The van der Waals surface area contributed by atoms with Crippen LogP contribution in [0.1, 0.15) is 42.9 Å². The molecule has 1 aliphatic carbocycles. The van der Waals surface area contributed by atoms with Gasteiger partial charge in [0.25, 0.3) is 0 Å². The van der Waals surface area contributed by atoms with Gasteiger partial charge < -0.3 is 4.74 Å². The van der Waals surface area contributed by atoms with Crippen LogP contribution >= 0.6 is 0 Å². The lowest BCUT2D eigenvalue weighted by Gasteiger charge is -2.18. The van der Waals surface area contributed by atoms with Crippen LogP contribution in [-0.2, 0) is 10.2 Å². The maximum Gasteiger partial charge on any atom is 0.244 e. The third-order valence-electron chi connectivity index (χ3n) is 5.91. The SMILES string of the molecule is CCCCOc1ccccc1C=NNC(=O)[C@H]1CC1(c1ccccc1)c1ccccc1. The first-order valence-corrected chi connectivity index (χ1v) is 10.9. The molecule has 0 unspecified atom stereocenters. The van der Waals surface area contributed by atoms with Crippen LogP contribution in [0, 0.1) is 5.92 Å². The van der Waals surface area contributed by atoms with Gasteiger partial charge in [-0.3, -0.25) is 4.79 Å². The molecule has 0 radical (unpaired) electrons. The van der Waals surface area contributed by atoms with Gasteiger partial charge in [-0.1, -0.05) is 86.1 Å². The van der Waals surface area contributed by atoms with Crippen molar-refractivity contribution < 1.29 is 9.53 Å². The number of benzene rings is 3. The highest BCUT2D eigenvalue weighted by Gasteiger charge is 2.60. The van der Waals surface area contributed by atoms with Crippen LogP contribution in [0.25, 0.3) is 0 Å². The Balaban J connectivity index is 1.47. The predicted octanol–water partition coefficient (Wildman–Crippen LogP) is 5.32. The van der Waals surface area contributed by atoms with Crippen molar-refractivity contribution in [2.75, 3.05) is 6.61 Å². The van der Waals surface area contributed by atoms with Crippen molar-refractivity contribution in [2.24, 2.45) is 11.0 Å². The van der Waals surface area contributed by atoms with Gasteiger partial charge in [-0.15, -0.1) is 0 Å². The average molecular weight is 413 g/mol. The Labute approximate surface area is 184 Å². The summed E-state index contributed by atoms with van der Waals surface area (Å²) >= 11 is 0. The Morgan fingerprint density at radius 2 is 1.61 bits per heavy atom. The lowest BCUT2D eigenvalue weighted by molar-refractivity contribution is -0.122. The summed E-state index contributed by atoms with van der Waals surface area (Å²) in [6.07, 6.45) is 4.52. The minimum atomic E-state index is -0.288. The number of carbonyl (C=O) groups is 1. The Hall–Kier alpha value is -3.40. The van der Waals surface area contributed by atoms with Crippen LogP contribution < -0.4 is 10.2 Å². The predicted molar refractivity (Wildman–Crippen MR) is 124 cm³/mol. The first kappa shape index (κ1) is 20.9. The standard InChI is InChI=1S/C27H28N2O2/c1-2-3-18-31-25-17-11-10-12-21(25)20-28-29-26(30)24-19-27(24,22-13-6-4-7-14-22)23-15-8-5-9-16-23/h4-17,20,24H,2-3,18-19H2,1H3,(H,29,30)/t24-/m1/s1. The molecule has 1 N–H and O–H groups in total. The van der Waals surface area contributed by atoms with Crippen LogP contribution in [0.15, 0.2) is 90.0 Å². The van der Waals surface area contributed by atoms with E-state index in [1.54, 1.807) is 6.21 Å². The topological polar surface area (TPSA) is 50.7 Å². The van der Waals surface area contributed by atoms with Gasteiger partial charge in [-0.05, 0) is 36.1 Å². The van der Waals surface area contributed by atoms with Crippen LogP contribution in [0.5, 0.6) is 5.75 Å². The van der Waals surface area contributed by atoms with Crippen molar-refractivity contribution in [3.63, 3.8) is 0 Å². The normalized spacial score (nSPS) is 16.7. The molecule has 0 bridgehead atoms. The Morgan fingerprint density at radius 1 is 1.00 bits per heavy atom. The first-order chi connectivity index (χ1) is 15.3. The second kappa shape index (κ2) is 9.61. The number of nitrogens with zero attached hydrogens (tertiary/aromatic N) is 1. The number of carbonyl (C=O) groups excluding carboxylic acids is 1. The third kappa shape index (κ3) is 4.53. The van der Waals surface area contributed by atoms with Crippen molar-refractivity contribution in [2.45, 2.75) is 31.6 Å². The molecule has 0 aliphatic heterocycles. The summed E-state index contributed by atoms with van der Waals surface area (Å²) in [5.74, 6) is 0.571. The minimum absolute atomic E-state index is 0.0617. The summed E-state index contributed by atoms with van der Waals surface area (Å²) in [6.45, 7) is 2.81. The fourth-order valence-electron chi connectivity index (χ4n) is 4.14. The van der Waals surface area contributed by atoms with Crippen molar-refractivity contribution >= 4 is 12.1 Å². The van der Waals surface area contributed by atoms with Gasteiger partial charge in [0.1, 0.15) is 5.75 Å². The zero-order chi connectivity index (χ0) is 21.5. The molecule has 0 heterocycles. The molecule has 1 atom stereocenters. The van der Waals surface area contributed by atoms with Crippen LogP contribution in [-0.4, -0.2) is 18.7 Å². The zero-order valence-corrected chi connectivity index (χ0v) is 17.8. The number of rotatable bonds is 9. The molecule has 1 amide bonds. The molecule has 158 valence electrons.